The van der Waals surface area contributed by atoms with Crippen molar-refractivity contribution in [3.05, 3.63) is 35.4 Å². The molecule has 6 heteroatoms. The molecule has 26 heavy (non-hydrogen) atoms. The fourth-order valence-electron chi connectivity index (χ4n) is 3.18. The Hall–Kier alpha value is -0.860. The number of nitrogens with one attached hydrogen (secondary N) is 2. The van der Waals surface area contributed by atoms with E-state index in [2.05, 4.69) is 22.5 Å². The molecule has 0 heterocycles. The lowest BCUT2D eigenvalue weighted by Gasteiger charge is -2.17. The van der Waals surface area contributed by atoms with Gasteiger partial charge >= 0.3 is 0 Å². The maximum absolute atomic E-state index is 9.41. The van der Waals surface area contributed by atoms with Gasteiger partial charge in [-0.3, -0.25) is 0 Å². The molecule has 0 saturated heterocycles. The summed E-state index contributed by atoms with van der Waals surface area (Å²) in [7, 11) is 0. The van der Waals surface area contributed by atoms with Crippen LogP contribution in [-0.4, -0.2) is 36.9 Å². The third-order valence-corrected chi connectivity index (χ3v) is 4.59. The van der Waals surface area contributed by atoms with Gasteiger partial charge in [-0.25, -0.2) is 4.99 Å². The van der Waals surface area contributed by atoms with E-state index in [-0.39, 0.29) is 30.6 Å². The molecule has 148 valence electrons. The van der Waals surface area contributed by atoms with E-state index in [0.717, 1.165) is 30.2 Å². The molecule has 3 N–H and O–H groups in total. The zero-order valence-electron chi connectivity index (χ0n) is 15.9. The third kappa shape index (κ3) is 8.68. The summed E-state index contributed by atoms with van der Waals surface area (Å²) < 4.78 is 6.01. The zero-order chi connectivity index (χ0) is 17.7. The molecule has 2 rings (SSSR count). The number of guanidine groups is 1. The summed E-state index contributed by atoms with van der Waals surface area (Å²) in [4.78, 5) is 4.62. The Morgan fingerprint density at radius 1 is 1.12 bits per heavy atom. The molecule has 1 aromatic rings. The van der Waals surface area contributed by atoms with Crippen LogP contribution < -0.4 is 10.6 Å². The molecule has 1 aromatic carbocycles. The van der Waals surface area contributed by atoms with E-state index >= 15 is 0 Å². The molecule has 0 amide bonds. The molecule has 0 aliphatic heterocycles. The molecule has 0 spiro atoms. The normalized spacial score (nSPS) is 15.8. The lowest BCUT2D eigenvalue weighted by molar-refractivity contribution is 0.0468. The zero-order valence-corrected chi connectivity index (χ0v) is 18.2. The molecule has 0 aromatic heterocycles. The third-order valence-electron chi connectivity index (χ3n) is 4.59. The standard InChI is InChI=1S/C20H33N3O2.HI/c1-2-21-20(23-15-17-9-7-8-10-18(17)16-24)22-13-14-25-19-11-5-3-4-6-12-19;/h7-10,19,24H,2-6,11-16H2,1H3,(H2,21,22,23);1H. The molecule has 1 aliphatic carbocycles. The number of rotatable bonds is 8. The Bertz CT molecular complexity index is 518. The van der Waals surface area contributed by atoms with Crippen LogP contribution in [0.1, 0.15) is 56.6 Å². The van der Waals surface area contributed by atoms with Gasteiger partial charge in [0, 0.05) is 13.1 Å². The van der Waals surface area contributed by atoms with Gasteiger partial charge in [0.1, 0.15) is 0 Å². The Labute approximate surface area is 175 Å². The SMILES string of the molecule is CCNC(=NCc1ccccc1CO)NCCOC1CCCCCC1.I. The molecule has 1 saturated carbocycles. The summed E-state index contributed by atoms with van der Waals surface area (Å²) in [5.74, 6) is 0.791. The predicted octanol–water partition coefficient (Wildman–Crippen LogP) is 3.59. The predicted molar refractivity (Wildman–Crippen MR) is 118 cm³/mol. The molecule has 0 radical (unpaired) electrons. The van der Waals surface area contributed by atoms with Crippen molar-refractivity contribution in [2.24, 2.45) is 4.99 Å². The second-order valence-corrected chi connectivity index (χ2v) is 6.53. The quantitative estimate of drug-likeness (QED) is 0.177. The fraction of sp³-hybridized carbons (Fsp3) is 0.650. The lowest BCUT2D eigenvalue weighted by atomic mass is 10.1. The first kappa shape index (κ1) is 23.2. The van der Waals surface area contributed by atoms with Gasteiger partial charge in [-0.2, -0.15) is 0 Å². The van der Waals surface area contributed by atoms with Crippen LogP contribution in [0.15, 0.2) is 29.3 Å². The summed E-state index contributed by atoms with van der Waals surface area (Å²) in [6.45, 7) is 4.94. The molecular formula is C20H34IN3O2. The average Bonchev–Trinajstić information content (AvgIpc) is 2.92. The van der Waals surface area contributed by atoms with E-state index < -0.39 is 0 Å². The van der Waals surface area contributed by atoms with Crippen LogP contribution in [0.25, 0.3) is 0 Å². The highest BCUT2D eigenvalue weighted by molar-refractivity contribution is 14.0. The number of benzene rings is 1. The number of hydrogen-bond acceptors (Lipinski definition) is 3. The summed E-state index contributed by atoms with van der Waals surface area (Å²) >= 11 is 0. The Morgan fingerprint density at radius 2 is 1.81 bits per heavy atom. The fourth-order valence-corrected chi connectivity index (χ4v) is 3.18. The van der Waals surface area contributed by atoms with Crippen molar-refractivity contribution < 1.29 is 9.84 Å². The van der Waals surface area contributed by atoms with Crippen molar-refractivity contribution in [2.75, 3.05) is 19.7 Å². The smallest absolute Gasteiger partial charge is 0.191 e. The monoisotopic (exact) mass is 475 g/mol. The molecule has 1 fully saturated rings. The van der Waals surface area contributed by atoms with E-state index in [1.165, 1.54) is 38.5 Å². The van der Waals surface area contributed by atoms with Gasteiger partial charge in [-0.15, -0.1) is 24.0 Å². The highest BCUT2D eigenvalue weighted by Crippen LogP contribution is 2.19. The lowest BCUT2D eigenvalue weighted by Crippen LogP contribution is -2.39. The maximum atomic E-state index is 9.41. The first-order chi connectivity index (χ1) is 12.3. The number of aliphatic hydroxyl groups is 1. The molecule has 0 bridgehead atoms. The minimum atomic E-state index is 0. The van der Waals surface area contributed by atoms with Crippen LogP contribution in [0.4, 0.5) is 0 Å². The molecule has 0 unspecified atom stereocenters. The van der Waals surface area contributed by atoms with Crippen molar-refractivity contribution in [1.82, 2.24) is 10.6 Å². The van der Waals surface area contributed by atoms with E-state index in [1.807, 2.05) is 24.3 Å². The summed E-state index contributed by atoms with van der Waals surface area (Å²) in [5.41, 5.74) is 1.98. The minimum absolute atomic E-state index is 0. The molecule has 5 nitrogen and oxygen atoms in total. The largest absolute Gasteiger partial charge is 0.392 e. The summed E-state index contributed by atoms with van der Waals surface area (Å²) in [6.07, 6.45) is 8.13. The number of aliphatic hydroxyl groups excluding tert-OH is 1. The van der Waals surface area contributed by atoms with E-state index in [9.17, 15) is 5.11 Å². The van der Waals surface area contributed by atoms with Gasteiger partial charge in [-0.1, -0.05) is 49.9 Å². The van der Waals surface area contributed by atoms with Gasteiger partial charge in [-0.05, 0) is 30.9 Å². The van der Waals surface area contributed by atoms with E-state index in [4.69, 9.17) is 4.74 Å². The first-order valence-electron chi connectivity index (χ1n) is 9.65. The van der Waals surface area contributed by atoms with Crippen LogP contribution >= 0.6 is 24.0 Å². The number of hydrogen-bond donors (Lipinski definition) is 3. The van der Waals surface area contributed by atoms with Crippen molar-refractivity contribution in [2.45, 2.75) is 64.7 Å². The highest BCUT2D eigenvalue weighted by atomic mass is 127. The van der Waals surface area contributed by atoms with Crippen molar-refractivity contribution in [1.29, 1.82) is 0 Å². The Morgan fingerprint density at radius 3 is 2.46 bits per heavy atom. The number of nitrogens with zero attached hydrogens (tertiary/aromatic N) is 1. The number of halogens is 1. The van der Waals surface area contributed by atoms with Crippen LogP contribution in [-0.2, 0) is 17.9 Å². The topological polar surface area (TPSA) is 65.9 Å². The van der Waals surface area contributed by atoms with E-state index in [1.54, 1.807) is 0 Å². The van der Waals surface area contributed by atoms with Gasteiger partial charge in [0.25, 0.3) is 0 Å². The second kappa shape index (κ2) is 14.2. The maximum Gasteiger partial charge on any atom is 0.191 e. The molecule has 1 aliphatic rings. The van der Waals surface area contributed by atoms with Gasteiger partial charge in [0.05, 0.1) is 25.9 Å². The van der Waals surface area contributed by atoms with Gasteiger partial charge < -0.3 is 20.5 Å². The summed E-state index contributed by atoms with van der Waals surface area (Å²) in [6, 6.07) is 7.86. The second-order valence-electron chi connectivity index (χ2n) is 6.53. The Kier molecular flexibility index (Phi) is 12.7. The van der Waals surface area contributed by atoms with Gasteiger partial charge in [0.2, 0.25) is 0 Å². The van der Waals surface area contributed by atoms with Crippen LogP contribution in [0.5, 0.6) is 0 Å². The van der Waals surface area contributed by atoms with E-state index in [0.29, 0.717) is 19.3 Å². The number of aliphatic imine (C=N–C) groups is 1. The molecular weight excluding hydrogens is 441 g/mol. The Balaban J connectivity index is 0.00000338. The van der Waals surface area contributed by atoms with Crippen molar-refractivity contribution in [3.8, 4) is 0 Å². The van der Waals surface area contributed by atoms with Crippen molar-refractivity contribution in [3.63, 3.8) is 0 Å². The summed E-state index contributed by atoms with van der Waals surface area (Å²) in [5, 5.41) is 16.0. The van der Waals surface area contributed by atoms with Crippen LogP contribution in [0.3, 0.4) is 0 Å². The van der Waals surface area contributed by atoms with Crippen molar-refractivity contribution >= 4 is 29.9 Å². The highest BCUT2D eigenvalue weighted by Gasteiger charge is 2.12. The average molecular weight is 475 g/mol. The minimum Gasteiger partial charge on any atom is -0.392 e. The van der Waals surface area contributed by atoms with Gasteiger partial charge in [0.15, 0.2) is 5.96 Å². The van der Waals surface area contributed by atoms with Crippen LogP contribution in [0.2, 0.25) is 0 Å². The molecule has 0 atom stereocenters. The first-order valence-corrected chi connectivity index (χ1v) is 9.65. The van der Waals surface area contributed by atoms with Crippen LogP contribution in [0, 0.1) is 0 Å². The number of ether oxygens (including phenoxy) is 1.